The average Bonchev–Trinajstić information content (AvgIpc) is 3.26. The van der Waals surface area contributed by atoms with E-state index in [0.29, 0.717) is 32.9 Å². The lowest BCUT2D eigenvalue weighted by molar-refractivity contribution is -0.608. The van der Waals surface area contributed by atoms with Crippen molar-refractivity contribution in [2.45, 2.75) is 51.3 Å². The van der Waals surface area contributed by atoms with Gasteiger partial charge in [-0.15, -0.1) is 0 Å². The fourth-order valence-corrected chi connectivity index (χ4v) is 7.71. The van der Waals surface area contributed by atoms with E-state index in [2.05, 4.69) is 42.0 Å². The molecule has 1 N–H and O–H groups in total. The molecule has 0 amide bonds. The maximum absolute atomic E-state index is 12.6. The number of carbonyl (C=O) groups is 1. The Morgan fingerprint density at radius 2 is 1.05 bits per heavy atom. The highest BCUT2D eigenvalue weighted by Gasteiger charge is 2.48. The van der Waals surface area contributed by atoms with E-state index < -0.39 is 11.6 Å². The molecular formula is C50H50N2O5+2. The molecule has 0 saturated heterocycles. The van der Waals surface area contributed by atoms with Gasteiger partial charge in [0, 0.05) is 12.8 Å². The summed E-state index contributed by atoms with van der Waals surface area (Å²) in [7, 11) is 0. The van der Waals surface area contributed by atoms with Gasteiger partial charge in [0.25, 0.3) is 19.5 Å². The SMILES string of the molecule is CCOC(=O)C(Cc1ccccc1)[N+]1=Cc2cccc(C)c2OC1.Cc1cccc2c1OC[N+](C(Cc1ccccc1)C(O)(c1ccccc1)c1ccccc1)=C2. The molecule has 0 spiro atoms. The van der Waals surface area contributed by atoms with Crippen LogP contribution in [0.3, 0.4) is 0 Å². The van der Waals surface area contributed by atoms with E-state index in [0.717, 1.165) is 56.0 Å². The first-order valence-corrected chi connectivity index (χ1v) is 19.6. The number of rotatable bonds is 11. The van der Waals surface area contributed by atoms with E-state index in [4.69, 9.17) is 14.2 Å². The number of aryl methyl sites for hydroxylation is 2. The monoisotopic (exact) mass is 758 g/mol. The molecule has 2 atom stereocenters. The maximum Gasteiger partial charge on any atom is 0.375 e. The normalized spacial score (nSPS) is 14.1. The van der Waals surface area contributed by atoms with Crippen LogP contribution in [0.15, 0.2) is 158 Å². The first kappa shape index (κ1) is 38.9. The van der Waals surface area contributed by atoms with Gasteiger partial charge in [0.2, 0.25) is 0 Å². The van der Waals surface area contributed by atoms with Crippen molar-refractivity contribution in [2.24, 2.45) is 0 Å². The fourth-order valence-electron chi connectivity index (χ4n) is 7.71. The van der Waals surface area contributed by atoms with Gasteiger partial charge in [-0.1, -0.05) is 146 Å². The van der Waals surface area contributed by atoms with Crippen LogP contribution in [0.2, 0.25) is 0 Å². The summed E-state index contributed by atoms with van der Waals surface area (Å²) in [6.07, 6.45) is 5.37. The zero-order valence-corrected chi connectivity index (χ0v) is 32.8. The molecule has 2 heterocycles. The predicted molar refractivity (Wildman–Crippen MR) is 225 cm³/mol. The molecular weight excluding hydrogens is 709 g/mol. The van der Waals surface area contributed by atoms with E-state index in [1.54, 1.807) is 0 Å². The molecule has 0 bridgehead atoms. The zero-order chi connectivity index (χ0) is 39.6. The molecule has 7 nitrogen and oxygen atoms in total. The van der Waals surface area contributed by atoms with E-state index >= 15 is 0 Å². The number of aliphatic hydroxyl groups is 1. The first-order chi connectivity index (χ1) is 27.8. The van der Waals surface area contributed by atoms with Crippen LogP contribution in [-0.4, -0.2) is 64.8 Å². The lowest BCUT2D eigenvalue weighted by Gasteiger charge is -2.35. The van der Waals surface area contributed by atoms with Gasteiger partial charge < -0.3 is 19.3 Å². The van der Waals surface area contributed by atoms with Gasteiger partial charge in [-0.3, -0.25) is 0 Å². The van der Waals surface area contributed by atoms with Crippen LogP contribution >= 0.6 is 0 Å². The van der Waals surface area contributed by atoms with Crippen LogP contribution in [0.25, 0.3) is 0 Å². The Bertz CT molecular complexity index is 2290. The van der Waals surface area contributed by atoms with Crippen molar-refractivity contribution in [1.82, 2.24) is 0 Å². The Kier molecular flexibility index (Phi) is 12.4. The number of fused-ring (bicyclic) bond motifs is 2. The Morgan fingerprint density at radius 1 is 0.614 bits per heavy atom. The number of benzene rings is 6. The molecule has 2 unspecified atom stereocenters. The number of nitrogens with zero attached hydrogens (tertiary/aromatic N) is 2. The predicted octanol–water partition coefficient (Wildman–Crippen LogP) is 8.27. The maximum atomic E-state index is 12.6. The van der Waals surface area contributed by atoms with Gasteiger partial charge in [0.05, 0.1) is 17.7 Å². The van der Waals surface area contributed by atoms with E-state index in [1.807, 2.05) is 158 Å². The number of carbonyl (C=O) groups excluding carboxylic acids is 1. The van der Waals surface area contributed by atoms with Crippen molar-refractivity contribution in [2.75, 3.05) is 20.1 Å². The van der Waals surface area contributed by atoms with Crippen LogP contribution in [0.1, 0.15) is 51.4 Å². The second-order valence-corrected chi connectivity index (χ2v) is 14.5. The summed E-state index contributed by atoms with van der Waals surface area (Å²) in [6, 6.07) is 51.8. The summed E-state index contributed by atoms with van der Waals surface area (Å²) in [5, 5.41) is 12.6. The molecule has 288 valence electrons. The number of para-hydroxylation sites is 2. The molecule has 57 heavy (non-hydrogen) atoms. The third kappa shape index (κ3) is 8.90. The van der Waals surface area contributed by atoms with Crippen LogP contribution in [0.5, 0.6) is 11.5 Å². The standard InChI is InChI=1S/C30H28NO2.C20H22NO3/c1-23-12-11-15-25-21-31(22-33-29(23)25)28(20-24-13-5-2-6-14-24)30(32,26-16-7-3-8-17-26)27-18-9-4-10-19-27;1-3-23-20(22)18(12-16-9-5-4-6-10-16)21-13-17-11-7-8-15(2)19(17)24-14-21/h2-19,21,28,32H,20,22H2,1H3;4-11,13,18H,3,12,14H2,1-2H3/q2*+1. The number of ether oxygens (including phenoxy) is 3. The van der Waals surface area contributed by atoms with Crippen LogP contribution < -0.4 is 9.47 Å². The fraction of sp³-hybridized carbons (Fsp3) is 0.220. The van der Waals surface area contributed by atoms with E-state index in [9.17, 15) is 9.90 Å². The topological polar surface area (TPSA) is 71.0 Å². The summed E-state index contributed by atoms with van der Waals surface area (Å²) in [5.41, 5.74) is 6.96. The van der Waals surface area contributed by atoms with Gasteiger partial charge in [-0.05, 0) is 66.3 Å². The van der Waals surface area contributed by atoms with E-state index in [-0.39, 0.29) is 12.0 Å². The summed E-state index contributed by atoms with van der Waals surface area (Å²) in [4.78, 5) is 12.5. The highest BCUT2D eigenvalue weighted by Crippen LogP contribution is 2.37. The van der Waals surface area contributed by atoms with Gasteiger partial charge >= 0.3 is 5.97 Å². The van der Waals surface area contributed by atoms with Crippen LogP contribution in [0.4, 0.5) is 0 Å². The van der Waals surface area contributed by atoms with Crippen molar-refractivity contribution in [3.63, 3.8) is 0 Å². The third-order valence-electron chi connectivity index (χ3n) is 10.6. The van der Waals surface area contributed by atoms with Crippen molar-refractivity contribution in [3.05, 3.63) is 202 Å². The third-order valence-corrected chi connectivity index (χ3v) is 10.6. The molecule has 0 saturated carbocycles. The van der Waals surface area contributed by atoms with Gasteiger partial charge in [0.15, 0.2) is 24.1 Å². The van der Waals surface area contributed by atoms with Crippen molar-refractivity contribution >= 4 is 18.4 Å². The smallest absolute Gasteiger partial charge is 0.375 e. The molecule has 0 fully saturated rings. The second-order valence-electron chi connectivity index (χ2n) is 14.5. The molecule has 6 aromatic carbocycles. The minimum atomic E-state index is -1.25. The molecule has 2 aliphatic heterocycles. The van der Waals surface area contributed by atoms with Gasteiger partial charge in [0.1, 0.15) is 11.5 Å². The Hall–Kier alpha value is -6.31. The first-order valence-electron chi connectivity index (χ1n) is 19.6. The molecule has 2 aliphatic rings. The van der Waals surface area contributed by atoms with Crippen LogP contribution in [0, 0.1) is 13.8 Å². The van der Waals surface area contributed by atoms with E-state index in [1.165, 1.54) is 0 Å². The summed E-state index contributed by atoms with van der Waals surface area (Å²) in [6.45, 7) is 7.00. The number of hydrogen-bond acceptors (Lipinski definition) is 5. The van der Waals surface area contributed by atoms with Gasteiger partial charge in [-0.2, -0.15) is 9.15 Å². The van der Waals surface area contributed by atoms with Crippen molar-refractivity contribution < 1.29 is 33.3 Å². The zero-order valence-electron chi connectivity index (χ0n) is 32.8. The highest BCUT2D eigenvalue weighted by molar-refractivity contribution is 5.83. The molecule has 8 rings (SSSR count). The summed E-state index contributed by atoms with van der Waals surface area (Å²) in [5.74, 6) is 1.57. The van der Waals surface area contributed by atoms with Crippen molar-refractivity contribution in [3.8, 4) is 11.5 Å². The summed E-state index contributed by atoms with van der Waals surface area (Å²) < 4.78 is 21.5. The number of hydrogen-bond donors (Lipinski definition) is 1. The molecule has 7 heteroatoms. The largest absolute Gasteiger partial charge is 0.461 e. The minimum Gasteiger partial charge on any atom is -0.461 e. The highest BCUT2D eigenvalue weighted by atomic mass is 16.5. The number of esters is 1. The Balaban J connectivity index is 0.000000183. The molecule has 0 radical (unpaired) electrons. The second kappa shape index (κ2) is 18.1. The van der Waals surface area contributed by atoms with Crippen LogP contribution in [-0.2, 0) is 28.0 Å². The van der Waals surface area contributed by atoms with Crippen molar-refractivity contribution in [1.29, 1.82) is 0 Å². The summed E-state index contributed by atoms with van der Waals surface area (Å²) >= 11 is 0. The molecule has 0 aromatic heterocycles. The lowest BCUT2D eigenvalue weighted by atomic mass is 9.77. The Morgan fingerprint density at radius 3 is 1.54 bits per heavy atom. The lowest BCUT2D eigenvalue weighted by Crippen LogP contribution is -2.51. The Labute approximate surface area is 335 Å². The average molecular weight is 759 g/mol. The molecule has 0 aliphatic carbocycles. The van der Waals surface area contributed by atoms with Gasteiger partial charge in [-0.25, -0.2) is 4.79 Å². The molecule has 6 aromatic rings. The quantitative estimate of drug-likeness (QED) is 0.107. The minimum absolute atomic E-state index is 0.225.